The summed E-state index contributed by atoms with van der Waals surface area (Å²) < 4.78 is 0. The fraction of sp³-hybridized carbons (Fsp3) is 0.429. The van der Waals surface area contributed by atoms with E-state index in [1.807, 2.05) is 19.9 Å². The Bertz CT molecular complexity index is 202. The lowest BCUT2D eigenvalue weighted by Gasteiger charge is -1.93. The molecule has 0 radical (unpaired) electrons. The lowest BCUT2D eigenvalue weighted by molar-refractivity contribution is 1.23. The molecule has 80 valence electrons. The predicted octanol–water partition coefficient (Wildman–Crippen LogP) is 4.91. The highest BCUT2D eigenvalue weighted by atomic mass is 13.9. The van der Waals surface area contributed by atoms with Crippen molar-refractivity contribution in [3.8, 4) is 0 Å². The average molecular weight is 192 g/mol. The third-order valence-electron chi connectivity index (χ3n) is 1.71. The zero-order valence-corrected chi connectivity index (χ0v) is 10.3. The van der Waals surface area contributed by atoms with Gasteiger partial charge in [-0.3, -0.25) is 0 Å². The minimum absolute atomic E-state index is 1.08. The summed E-state index contributed by atoms with van der Waals surface area (Å²) in [5, 5.41) is 0. The van der Waals surface area contributed by atoms with Crippen LogP contribution in [0.25, 0.3) is 0 Å². The van der Waals surface area contributed by atoms with Crippen LogP contribution in [0, 0.1) is 13.8 Å². The van der Waals surface area contributed by atoms with Crippen molar-refractivity contribution in [2.24, 2.45) is 0 Å². The number of allylic oxidation sites excluding steroid dienone is 1. The van der Waals surface area contributed by atoms with Gasteiger partial charge in [0.2, 0.25) is 0 Å². The maximum absolute atomic E-state index is 3.48. The van der Waals surface area contributed by atoms with E-state index in [1.165, 1.54) is 11.1 Å². The molecule has 0 heterocycles. The van der Waals surface area contributed by atoms with Gasteiger partial charge >= 0.3 is 0 Å². The van der Waals surface area contributed by atoms with Crippen LogP contribution in [0.5, 0.6) is 0 Å². The molecular formula is C14H24. The van der Waals surface area contributed by atoms with Gasteiger partial charge in [0, 0.05) is 0 Å². The Labute approximate surface area is 89.7 Å². The molecular weight excluding hydrogens is 168 g/mol. The summed E-state index contributed by atoms with van der Waals surface area (Å²) in [5.74, 6) is 0. The van der Waals surface area contributed by atoms with Crippen LogP contribution in [0.2, 0.25) is 0 Å². The highest BCUT2D eigenvalue weighted by Crippen LogP contribution is 2.02. The van der Waals surface area contributed by atoms with Crippen LogP contribution < -0.4 is 0 Å². The Kier molecular flexibility index (Phi) is 13.2. The molecule has 1 aromatic carbocycles. The van der Waals surface area contributed by atoms with Crippen LogP contribution in [0.3, 0.4) is 0 Å². The van der Waals surface area contributed by atoms with Crippen LogP contribution in [0.15, 0.2) is 36.9 Å². The molecule has 0 spiro atoms. The molecule has 0 aliphatic carbocycles. The molecule has 0 N–H and O–H groups in total. The van der Waals surface area contributed by atoms with Crippen LogP contribution >= 0.6 is 0 Å². The van der Waals surface area contributed by atoms with Gasteiger partial charge in [-0.15, -0.1) is 6.58 Å². The third-order valence-corrected chi connectivity index (χ3v) is 1.71. The van der Waals surface area contributed by atoms with Crippen molar-refractivity contribution >= 4 is 0 Å². The second kappa shape index (κ2) is 12.0. The monoisotopic (exact) mass is 192 g/mol. The van der Waals surface area contributed by atoms with Crippen LogP contribution in [0.1, 0.15) is 38.3 Å². The van der Waals surface area contributed by atoms with Crippen LogP contribution in [0.4, 0.5) is 0 Å². The van der Waals surface area contributed by atoms with Gasteiger partial charge in [0.25, 0.3) is 0 Å². The number of hydrogen-bond donors (Lipinski definition) is 0. The van der Waals surface area contributed by atoms with Crippen molar-refractivity contribution in [2.75, 3.05) is 0 Å². The van der Waals surface area contributed by atoms with Gasteiger partial charge in [0.1, 0.15) is 0 Å². The highest BCUT2D eigenvalue weighted by Gasteiger charge is 1.83. The molecule has 0 aromatic heterocycles. The summed E-state index contributed by atoms with van der Waals surface area (Å²) in [6.45, 7) is 13.8. The smallest absolute Gasteiger partial charge is 0.0382 e. The molecule has 0 atom stereocenters. The van der Waals surface area contributed by atoms with E-state index in [1.54, 1.807) is 0 Å². The fourth-order valence-corrected chi connectivity index (χ4v) is 0.663. The van der Waals surface area contributed by atoms with Gasteiger partial charge in [-0.1, -0.05) is 51.1 Å². The van der Waals surface area contributed by atoms with Gasteiger partial charge in [0.15, 0.2) is 0 Å². The van der Waals surface area contributed by atoms with Crippen molar-refractivity contribution in [3.05, 3.63) is 48.0 Å². The molecule has 0 fully saturated rings. The highest BCUT2D eigenvalue weighted by molar-refractivity contribution is 5.23. The summed E-state index contributed by atoms with van der Waals surface area (Å²) in [4.78, 5) is 0. The van der Waals surface area contributed by atoms with E-state index in [2.05, 4.69) is 51.6 Å². The standard InChI is InChI=1S/C8H10.C4H8.C2H6/c1-7-5-3-4-6-8(7)2;1-3-4-2;1-2/h3-6H,1-2H3;3H,1,4H2,2H3;1-2H3. The van der Waals surface area contributed by atoms with Crippen LogP contribution in [-0.4, -0.2) is 0 Å². The second-order valence-electron chi connectivity index (χ2n) is 2.78. The largest absolute Gasteiger partial charge is 0.103 e. The summed E-state index contributed by atoms with van der Waals surface area (Å²) in [6, 6.07) is 8.36. The number of hydrogen-bond acceptors (Lipinski definition) is 0. The van der Waals surface area contributed by atoms with Crippen molar-refractivity contribution < 1.29 is 0 Å². The van der Waals surface area contributed by atoms with Gasteiger partial charge in [-0.05, 0) is 31.4 Å². The summed E-state index contributed by atoms with van der Waals surface area (Å²) in [7, 11) is 0. The number of aryl methyl sites for hydroxylation is 2. The number of rotatable bonds is 1. The van der Waals surface area contributed by atoms with Gasteiger partial charge in [0.05, 0.1) is 0 Å². The molecule has 0 heteroatoms. The lowest BCUT2D eigenvalue weighted by Crippen LogP contribution is -1.74. The normalized spacial score (nSPS) is 7.50. The SMILES string of the molecule is C=CCC.CC.Cc1ccccc1C. The first-order valence-corrected chi connectivity index (χ1v) is 5.35. The van der Waals surface area contributed by atoms with Crippen molar-refractivity contribution in [3.63, 3.8) is 0 Å². The number of benzene rings is 1. The second-order valence-corrected chi connectivity index (χ2v) is 2.78. The van der Waals surface area contributed by atoms with Gasteiger partial charge in [-0.25, -0.2) is 0 Å². The molecule has 1 rings (SSSR count). The Hall–Kier alpha value is -1.04. The van der Waals surface area contributed by atoms with E-state index >= 15 is 0 Å². The Morgan fingerprint density at radius 3 is 1.50 bits per heavy atom. The average Bonchev–Trinajstić information content (AvgIpc) is 2.26. The Morgan fingerprint density at radius 1 is 1.07 bits per heavy atom. The molecule has 14 heavy (non-hydrogen) atoms. The quantitative estimate of drug-likeness (QED) is 0.554. The minimum Gasteiger partial charge on any atom is -0.103 e. The lowest BCUT2D eigenvalue weighted by atomic mass is 10.1. The van der Waals surface area contributed by atoms with E-state index in [0.717, 1.165) is 6.42 Å². The van der Waals surface area contributed by atoms with E-state index in [-0.39, 0.29) is 0 Å². The van der Waals surface area contributed by atoms with E-state index in [9.17, 15) is 0 Å². The molecule has 0 aliphatic rings. The molecule has 0 saturated carbocycles. The first-order chi connectivity index (χ1) is 6.72. The molecule has 1 aromatic rings. The first kappa shape index (κ1) is 15.4. The van der Waals surface area contributed by atoms with Gasteiger partial charge in [-0.2, -0.15) is 0 Å². The molecule has 0 unspecified atom stereocenters. The molecule has 0 bridgehead atoms. The molecule has 0 amide bonds. The topological polar surface area (TPSA) is 0 Å². The summed E-state index contributed by atoms with van der Waals surface area (Å²) >= 11 is 0. The van der Waals surface area contributed by atoms with E-state index < -0.39 is 0 Å². The maximum Gasteiger partial charge on any atom is -0.0382 e. The maximum atomic E-state index is 3.48. The third kappa shape index (κ3) is 9.05. The van der Waals surface area contributed by atoms with Crippen molar-refractivity contribution in [2.45, 2.75) is 41.0 Å². The fourth-order valence-electron chi connectivity index (χ4n) is 0.663. The zero-order chi connectivity index (χ0) is 11.4. The van der Waals surface area contributed by atoms with Crippen molar-refractivity contribution in [1.29, 1.82) is 0 Å². The Balaban J connectivity index is 0. The molecule has 0 nitrogen and oxygen atoms in total. The van der Waals surface area contributed by atoms with Crippen LogP contribution in [-0.2, 0) is 0 Å². The minimum atomic E-state index is 1.08. The van der Waals surface area contributed by atoms with E-state index in [0.29, 0.717) is 0 Å². The summed E-state index contributed by atoms with van der Waals surface area (Å²) in [6.07, 6.45) is 2.96. The van der Waals surface area contributed by atoms with Gasteiger partial charge < -0.3 is 0 Å². The first-order valence-electron chi connectivity index (χ1n) is 5.35. The Morgan fingerprint density at radius 2 is 1.36 bits per heavy atom. The molecule has 0 saturated heterocycles. The van der Waals surface area contributed by atoms with E-state index in [4.69, 9.17) is 0 Å². The zero-order valence-electron chi connectivity index (χ0n) is 10.3. The van der Waals surface area contributed by atoms with Crippen molar-refractivity contribution in [1.82, 2.24) is 0 Å². The predicted molar refractivity (Wildman–Crippen MR) is 67.8 cm³/mol. The molecule has 0 aliphatic heterocycles. The summed E-state index contributed by atoms with van der Waals surface area (Å²) in [5.41, 5.74) is 2.74.